The van der Waals surface area contributed by atoms with E-state index in [-0.39, 0.29) is 36.0 Å². The van der Waals surface area contributed by atoms with Crippen molar-refractivity contribution in [3.63, 3.8) is 0 Å². The van der Waals surface area contributed by atoms with E-state index in [1.807, 2.05) is 0 Å². The van der Waals surface area contributed by atoms with Crippen molar-refractivity contribution in [2.24, 2.45) is 0 Å². The summed E-state index contributed by atoms with van der Waals surface area (Å²) in [5.74, 6) is -1.53. The Kier molecular flexibility index (Phi) is 9.10. The molecule has 0 aromatic carbocycles. The van der Waals surface area contributed by atoms with Crippen molar-refractivity contribution < 1.29 is 34.1 Å². The van der Waals surface area contributed by atoms with Crippen molar-refractivity contribution in [2.75, 3.05) is 38.3 Å². The number of amides is 1. The van der Waals surface area contributed by atoms with Crippen LogP contribution in [-0.2, 0) is 19.1 Å². The highest BCUT2D eigenvalue weighted by Crippen LogP contribution is 2.18. The quantitative estimate of drug-likeness (QED) is 0.350. The Morgan fingerprint density at radius 2 is 1.70 bits per heavy atom. The number of alkyl halides is 1. The van der Waals surface area contributed by atoms with Crippen LogP contribution in [0.1, 0.15) is 6.42 Å². The Bertz CT molecular complexity index is 487. The third-order valence-corrected chi connectivity index (χ3v) is 3.01. The maximum Gasteiger partial charge on any atom is 0.335 e. The second-order valence-electron chi connectivity index (χ2n) is 4.27. The minimum atomic E-state index is -0.662. The maximum absolute atomic E-state index is 11.5. The van der Waals surface area contributed by atoms with Crippen molar-refractivity contribution in [1.82, 2.24) is 10.0 Å². The molecule has 1 amide bonds. The predicted molar refractivity (Wildman–Crippen MR) is 82.4 cm³/mol. The smallest absolute Gasteiger partial charge is 0.335 e. The molecule has 0 aliphatic rings. The Morgan fingerprint density at radius 3 is 2.30 bits per heavy atom. The van der Waals surface area contributed by atoms with Crippen molar-refractivity contribution in [1.29, 1.82) is 0 Å². The van der Waals surface area contributed by atoms with Gasteiger partial charge in [0.2, 0.25) is 17.7 Å². The number of hydrogen-bond donors (Lipinski definition) is 3. The third-order valence-electron chi connectivity index (χ3n) is 2.50. The van der Waals surface area contributed by atoms with E-state index >= 15 is 0 Å². The second-order valence-corrected chi connectivity index (χ2v) is 4.83. The number of aromatic hydroxyl groups is 2. The topological polar surface area (TPSA) is 119 Å². The van der Waals surface area contributed by atoms with Gasteiger partial charge in [-0.1, -0.05) is 15.9 Å². The monoisotopic (exact) mass is 394 g/mol. The molecule has 0 bridgehead atoms. The number of rotatable bonds is 11. The molecule has 0 aliphatic carbocycles. The molecule has 1 aromatic rings. The summed E-state index contributed by atoms with van der Waals surface area (Å²) in [6.07, 6.45) is -0.0433. The normalized spacial score (nSPS) is 10.5. The fourth-order valence-electron chi connectivity index (χ4n) is 1.43. The molecule has 0 atom stereocenters. The molecule has 0 radical (unpaired) electrons. The van der Waals surface area contributed by atoms with Crippen molar-refractivity contribution in [3.8, 4) is 11.8 Å². The van der Waals surface area contributed by atoms with Gasteiger partial charge in [0.25, 0.3) is 0 Å². The molecule has 130 valence electrons. The average molecular weight is 395 g/mol. The minimum absolute atomic E-state index is 0.0433. The van der Waals surface area contributed by atoms with Crippen LogP contribution in [0.25, 0.3) is 0 Å². The van der Waals surface area contributed by atoms with Crippen LogP contribution < -0.4 is 10.2 Å². The van der Waals surface area contributed by atoms with Gasteiger partial charge in [0.15, 0.2) is 0 Å². The minimum Gasteiger partial charge on any atom is -0.492 e. The maximum atomic E-state index is 11.5. The molecule has 1 rings (SSSR count). The summed E-state index contributed by atoms with van der Waals surface area (Å²) < 4.78 is 11.0. The Hall–Kier alpha value is -1.78. The zero-order chi connectivity index (χ0) is 17.1. The fraction of sp³-hybridized carbons (Fsp3) is 0.538. The molecule has 1 heterocycles. The molecule has 0 spiro atoms. The standard InChI is InChI=1S/C13H19BrN2O7/c14-9-10(17)15-4-6-22-8-7-21-5-3-13(20)23-16-11(18)1-2-12(16)19/h1-2,18-19H,3-9H2,(H,15,17). The van der Waals surface area contributed by atoms with E-state index in [0.29, 0.717) is 31.1 Å². The Balaban J connectivity index is 1.99. The number of carbonyl (C=O) groups is 2. The summed E-state index contributed by atoms with van der Waals surface area (Å²) in [5.41, 5.74) is 0. The van der Waals surface area contributed by atoms with Gasteiger partial charge in [-0.2, -0.15) is 0 Å². The van der Waals surface area contributed by atoms with Crippen LogP contribution in [0.3, 0.4) is 0 Å². The largest absolute Gasteiger partial charge is 0.492 e. The van der Waals surface area contributed by atoms with Crippen LogP contribution in [0.15, 0.2) is 12.1 Å². The zero-order valence-corrected chi connectivity index (χ0v) is 14.0. The number of hydrogen-bond acceptors (Lipinski definition) is 7. The van der Waals surface area contributed by atoms with Gasteiger partial charge in [0.05, 0.1) is 38.2 Å². The van der Waals surface area contributed by atoms with Gasteiger partial charge < -0.3 is 29.8 Å². The van der Waals surface area contributed by atoms with Crippen LogP contribution in [0.4, 0.5) is 0 Å². The highest BCUT2D eigenvalue weighted by Gasteiger charge is 2.11. The van der Waals surface area contributed by atoms with Gasteiger partial charge in [-0.15, -0.1) is 4.73 Å². The SMILES string of the molecule is O=C(CBr)NCCOCCOCCC(=O)On1c(O)ccc1O. The summed E-state index contributed by atoms with van der Waals surface area (Å²) in [6.45, 7) is 1.53. The highest BCUT2D eigenvalue weighted by atomic mass is 79.9. The first-order chi connectivity index (χ1) is 11.0. The van der Waals surface area contributed by atoms with E-state index in [0.717, 1.165) is 0 Å². The van der Waals surface area contributed by atoms with Gasteiger partial charge in [0, 0.05) is 18.7 Å². The molecule has 0 unspecified atom stereocenters. The van der Waals surface area contributed by atoms with E-state index in [1.165, 1.54) is 12.1 Å². The lowest BCUT2D eigenvalue weighted by Crippen LogP contribution is -2.28. The molecule has 0 fully saturated rings. The first kappa shape index (κ1) is 19.3. The van der Waals surface area contributed by atoms with Gasteiger partial charge in [-0.25, -0.2) is 4.79 Å². The number of aromatic nitrogens is 1. The number of carbonyl (C=O) groups excluding carboxylic acids is 2. The van der Waals surface area contributed by atoms with Crippen LogP contribution in [0, 0.1) is 0 Å². The van der Waals surface area contributed by atoms with Crippen LogP contribution >= 0.6 is 15.9 Å². The zero-order valence-electron chi connectivity index (χ0n) is 12.4. The summed E-state index contributed by atoms with van der Waals surface area (Å²) in [4.78, 5) is 27.1. The fourth-order valence-corrected chi connectivity index (χ4v) is 1.63. The van der Waals surface area contributed by atoms with Crippen molar-refractivity contribution in [3.05, 3.63) is 12.1 Å². The van der Waals surface area contributed by atoms with E-state index in [2.05, 4.69) is 21.2 Å². The van der Waals surface area contributed by atoms with Crippen molar-refractivity contribution >= 4 is 27.8 Å². The molecular weight excluding hydrogens is 376 g/mol. The first-order valence-electron chi connectivity index (χ1n) is 6.83. The van der Waals surface area contributed by atoms with E-state index in [9.17, 15) is 19.8 Å². The Morgan fingerprint density at radius 1 is 1.09 bits per heavy atom. The molecule has 23 heavy (non-hydrogen) atoms. The van der Waals surface area contributed by atoms with Crippen molar-refractivity contribution in [2.45, 2.75) is 6.42 Å². The molecule has 3 N–H and O–H groups in total. The molecular formula is C13H19BrN2O7. The highest BCUT2D eigenvalue weighted by molar-refractivity contribution is 9.09. The van der Waals surface area contributed by atoms with E-state index in [4.69, 9.17) is 14.3 Å². The number of ether oxygens (including phenoxy) is 2. The first-order valence-corrected chi connectivity index (χ1v) is 7.95. The molecule has 9 nitrogen and oxygen atoms in total. The molecule has 0 saturated carbocycles. The van der Waals surface area contributed by atoms with Crippen LogP contribution in [0.5, 0.6) is 11.8 Å². The third kappa shape index (κ3) is 7.86. The van der Waals surface area contributed by atoms with Crippen LogP contribution in [0.2, 0.25) is 0 Å². The van der Waals surface area contributed by atoms with E-state index < -0.39 is 5.97 Å². The predicted octanol–water partition coefficient (Wildman–Crippen LogP) is -0.211. The molecule has 0 aliphatic heterocycles. The summed E-state index contributed by atoms with van der Waals surface area (Å²) in [7, 11) is 0. The Labute approximate surface area is 141 Å². The number of nitrogens with one attached hydrogen (secondary N) is 1. The van der Waals surface area contributed by atoms with Gasteiger partial charge in [-0.3, -0.25) is 4.79 Å². The molecule has 1 aromatic heterocycles. The van der Waals surface area contributed by atoms with E-state index in [1.54, 1.807) is 0 Å². The summed E-state index contributed by atoms with van der Waals surface area (Å²) in [5, 5.41) is 21.5. The average Bonchev–Trinajstić information content (AvgIpc) is 2.84. The van der Waals surface area contributed by atoms with Gasteiger partial charge >= 0.3 is 5.97 Å². The van der Waals surface area contributed by atoms with Gasteiger partial charge in [-0.05, 0) is 0 Å². The lowest BCUT2D eigenvalue weighted by molar-refractivity contribution is -0.146. The number of halogens is 1. The summed E-state index contributed by atoms with van der Waals surface area (Å²) in [6, 6.07) is 2.38. The van der Waals surface area contributed by atoms with Crippen LogP contribution in [-0.4, -0.2) is 65.1 Å². The number of nitrogens with zero attached hydrogens (tertiary/aromatic N) is 1. The summed E-state index contributed by atoms with van der Waals surface area (Å²) >= 11 is 3.02. The lowest BCUT2D eigenvalue weighted by atomic mass is 10.5. The molecule has 0 saturated heterocycles. The second kappa shape index (κ2) is 10.9. The molecule has 10 heteroatoms. The van der Waals surface area contributed by atoms with Gasteiger partial charge in [0.1, 0.15) is 0 Å². The lowest BCUT2D eigenvalue weighted by Gasteiger charge is -2.08.